The minimum atomic E-state index is 0.0200. The molecule has 1 unspecified atom stereocenters. The fraction of sp³-hybridized carbons (Fsp3) is 0.364. The fourth-order valence-electron chi connectivity index (χ4n) is 1.37. The van der Waals surface area contributed by atoms with E-state index in [1.165, 1.54) is 0 Å². The Morgan fingerprint density at radius 2 is 2.27 bits per heavy atom. The summed E-state index contributed by atoms with van der Waals surface area (Å²) in [6.07, 6.45) is 0.588. The van der Waals surface area contributed by atoms with Crippen LogP contribution in [-0.4, -0.2) is 17.4 Å². The maximum atomic E-state index is 8.82. The maximum Gasteiger partial charge on any atom is 0.0437 e. The first-order chi connectivity index (χ1) is 7.06. The van der Waals surface area contributed by atoms with E-state index in [9.17, 15) is 0 Å². The molecule has 4 N–H and O–H groups in total. The predicted molar refractivity (Wildman–Crippen MR) is 66.2 cm³/mol. The standard InChI is InChI=1S/C11H15BrN2O/c1-7(4-5-15)11(14)9-6-8(12)2-3-10(9)13/h2-3,6-7,14-15H,4-5,13H2,1H3. The second kappa shape index (κ2) is 5.28. The Balaban J connectivity index is 2.95. The summed E-state index contributed by atoms with van der Waals surface area (Å²) in [4.78, 5) is 0. The molecule has 15 heavy (non-hydrogen) atoms. The van der Waals surface area contributed by atoms with E-state index in [-0.39, 0.29) is 12.5 Å². The van der Waals surface area contributed by atoms with Gasteiger partial charge in [0.15, 0.2) is 0 Å². The molecule has 1 aromatic carbocycles. The number of nitrogens with one attached hydrogen (secondary N) is 1. The number of anilines is 1. The molecular formula is C11H15BrN2O. The molecule has 0 bridgehead atoms. The van der Waals surface area contributed by atoms with Crippen molar-refractivity contribution in [1.82, 2.24) is 0 Å². The van der Waals surface area contributed by atoms with Crippen LogP contribution in [0.1, 0.15) is 18.9 Å². The van der Waals surface area contributed by atoms with Gasteiger partial charge in [0.1, 0.15) is 0 Å². The van der Waals surface area contributed by atoms with Gasteiger partial charge in [-0.15, -0.1) is 0 Å². The van der Waals surface area contributed by atoms with Crippen molar-refractivity contribution >= 4 is 27.3 Å². The van der Waals surface area contributed by atoms with Crippen LogP contribution in [0.4, 0.5) is 5.69 Å². The molecular weight excluding hydrogens is 256 g/mol. The summed E-state index contributed by atoms with van der Waals surface area (Å²) in [6.45, 7) is 2.01. The average Bonchev–Trinajstić information content (AvgIpc) is 2.21. The van der Waals surface area contributed by atoms with Gasteiger partial charge in [-0.2, -0.15) is 0 Å². The van der Waals surface area contributed by atoms with E-state index < -0.39 is 0 Å². The molecule has 0 amide bonds. The summed E-state index contributed by atoms with van der Waals surface area (Å²) >= 11 is 3.35. The molecule has 0 saturated heterocycles. The summed E-state index contributed by atoms with van der Waals surface area (Å²) in [6, 6.07) is 5.47. The lowest BCUT2D eigenvalue weighted by Gasteiger charge is -2.14. The lowest BCUT2D eigenvalue weighted by Crippen LogP contribution is -2.14. The largest absolute Gasteiger partial charge is 0.398 e. The first kappa shape index (κ1) is 12.2. The smallest absolute Gasteiger partial charge is 0.0437 e. The minimum absolute atomic E-state index is 0.0200. The highest BCUT2D eigenvalue weighted by Gasteiger charge is 2.13. The number of rotatable bonds is 4. The van der Waals surface area contributed by atoms with Crippen molar-refractivity contribution in [3.63, 3.8) is 0 Å². The van der Waals surface area contributed by atoms with Gasteiger partial charge in [-0.05, 0) is 24.6 Å². The zero-order valence-corrected chi connectivity index (χ0v) is 10.2. The SMILES string of the molecule is CC(CCO)C(=N)c1cc(Br)ccc1N. The third-order valence-electron chi connectivity index (χ3n) is 2.36. The Kier molecular flexibility index (Phi) is 4.29. The lowest BCUT2D eigenvalue weighted by molar-refractivity contribution is 0.277. The molecule has 0 saturated carbocycles. The zero-order valence-electron chi connectivity index (χ0n) is 8.63. The van der Waals surface area contributed by atoms with Gasteiger partial charge < -0.3 is 16.2 Å². The van der Waals surface area contributed by atoms with Crippen LogP contribution in [0.5, 0.6) is 0 Å². The van der Waals surface area contributed by atoms with Gasteiger partial charge in [0.05, 0.1) is 0 Å². The molecule has 1 aromatic rings. The van der Waals surface area contributed by atoms with Gasteiger partial charge in [-0.25, -0.2) is 0 Å². The molecule has 1 rings (SSSR count). The maximum absolute atomic E-state index is 8.82. The predicted octanol–water partition coefficient (Wildman–Crippen LogP) is 2.42. The van der Waals surface area contributed by atoms with Crippen molar-refractivity contribution in [2.75, 3.05) is 12.3 Å². The second-order valence-electron chi connectivity index (χ2n) is 3.56. The second-order valence-corrected chi connectivity index (χ2v) is 4.47. The molecule has 0 aliphatic carbocycles. The highest BCUT2D eigenvalue weighted by Crippen LogP contribution is 2.22. The van der Waals surface area contributed by atoms with Gasteiger partial charge >= 0.3 is 0 Å². The van der Waals surface area contributed by atoms with E-state index in [2.05, 4.69) is 15.9 Å². The van der Waals surface area contributed by atoms with Gasteiger partial charge in [-0.3, -0.25) is 0 Å². The third kappa shape index (κ3) is 3.04. The zero-order chi connectivity index (χ0) is 11.4. The Hall–Kier alpha value is -0.870. The molecule has 82 valence electrons. The lowest BCUT2D eigenvalue weighted by atomic mass is 9.95. The molecule has 0 aliphatic rings. The quantitative estimate of drug-likeness (QED) is 0.581. The fourth-order valence-corrected chi connectivity index (χ4v) is 1.73. The number of halogens is 1. The molecule has 0 aliphatic heterocycles. The Labute approximate surface area is 97.9 Å². The van der Waals surface area contributed by atoms with E-state index >= 15 is 0 Å². The van der Waals surface area contributed by atoms with Crippen LogP contribution in [0.25, 0.3) is 0 Å². The number of nitrogen functional groups attached to an aromatic ring is 1. The monoisotopic (exact) mass is 270 g/mol. The number of hydrogen-bond donors (Lipinski definition) is 3. The highest BCUT2D eigenvalue weighted by atomic mass is 79.9. The minimum Gasteiger partial charge on any atom is -0.398 e. The van der Waals surface area contributed by atoms with Crippen molar-refractivity contribution in [3.8, 4) is 0 Å². The summed E-state index contributed by atoms with van der Waals surface area (Å²) in [7, 11) is 0. The van der Waals surface area contributed by atoms with Crippen LogP contribution in [-0.2, 0) is 0 Å². The number of aliphatic hydroxyl groups is 1. The molecule has 0 aromatic heterocycles. The Morgan fingerprint density at radius 1 is 1.60 bits per heavy atom. The van der Waals surface area contributed by atoms with Gasteiger partial charge in [0, 0.05) is 34.0 Å². The average molecular weight is 271 g/mol. The molecule has 4 heteroatoms. The van der Waals surface area contributed by atoms with Crippen LogP contribution < -0.4 is 5.73 Å². The normalized spacial score (nSPS) is 12.5. The first-order valence-electron chi connectivity index (χ1n) is 4.81. The summed E-state index contributed by atoms with van der Waals surface area (Å²) < 4.78 is 0.910. The van der Waals surface area contributed by atoms with Gasteiger partial charge in [0.2, 0.25) is 0 Å². The van der Waals surface area contributed by atoms with Crippen molar-refractivity contribution in [3.05, 3.63) is 28.2 Å². The number of hydrogen-bond acceptors (Lipinski definition) is 3. The van der Waals surface area contributed by atoms with Crippen molar-refractivity contribution < 1.29 is 5.11 Å². The van der Waals surface area contributed by atoms with E-state index in [1.54, 1.807) is 6.07 Å². The van der Waals surface area contributed by atoms with Crippen LogP contribution >= 0.6 is 15.9 Å². The first-order valence-corrected chi connectivity index (χ1v) is 5.60. The molecule has 0 spiro atoms. The van der Waals surface area contributed by atoms with E-state index in [0.717, 1.165) is 10.0 Å². The number of aliphatic hydroxyl groups excluding tert-OH is 1. The van der Waals surface area contributed by atoms with Crippen LogP contribution in [0.15, 0.2) is 22.7 Å². The summed E-state index contributed by atoms with van der Waals surface area (Å²) in [5, 5.41) is 16.8. The van der Waals surface area contributed by atoms with Gasteiger partial charge in [0.25, 0.3) is 0 Å². The Morgan fingerprint density at radius 3 is 2.87 bits per heavy atom. The van der Waals surface area contributed by atoms with Gasteiger partial charge in [-0.1, -0.05) is 22.9 Å². The third-order valence-corrected chi connectivity index (χ3v) is 2.85. The number of nitrogens with two attached hydrogens (primary N) is 1. The van der Waals surface area contributed by atoms with E-state index in [1.807, 2.05) is 19.1 Å². The van der Waals surface area contributed by atoms with Crippen molar-refractivity contribution in [1.29, 1.82) is 5.41 Å². The van der Waals surface area contributed by atoms with Crippen LogP contribution in [0, 0.1) is 11.3 Å². The molecule has 0 fully saturated rings. The number of benzene rings is 1. The van der Waals surface area contributed by atoms with Crippen LogP contribution in [0.2, 0.25) is 0 Å². The molecule has 0 heterocycles. The van der Waals surface area contributed by atoms with E-state index in [0.29, 0.717) is 17.8 Å². The van der Waals surface area contributed by atoms with Crippen molar-refractivity contribution in [2.24, 2.45) is 5.92 Å². The summed E-state index contributed by atoms with van der Waals surface area (Å²) in [5.41, 5.74) is 7.62. The summed E-state index contributed by atoms with van der Waals surface area (Å²) in [5.74, 6) is 0.0200. The topological polar surface area (TPSA) is 70.1 Å². The molecule has 0 radical (unpaired) electrons. The molecule has 1 atom stereocenters. The Bertz CT molecular complexity index is 366. The highest BCUT2D eigenvalue weighted by molar-refractivity contribution is 9.10. The van der Waals surface area contributed by atoms with Crippen LogP contribution in [0.3, 0.4) is 0 Å². The van der Waals surface area contributed by atoms with E-state index in [4.69, 9.17) is 16.2 Å². The van der Waals surface area contributed by atoms with Crippen molar-refractivity contribution in [2.45, 2.75) is 13.3 Å². The molecule has 3 nitrogen and oxygen atoms in total.